The molecular formula is C13H16N4O2. The number of rotatable bonds is 4. The molecule has 19 heavy (non-hydrogen) atoms. The maximum atomic E-state index is 11.8. The lowest BCUT2D eigenvalue weighted by molar-refractivity contribution is -0.116. The van der Waals surface area contributed by atoms with Gasteiger partial charge in [-0.1, -0.05) is 12.1 Å². The normalized spacial score (nSPS) is 12.2. The predicted molar refractivity (Wildman–Crippen MR) is 71.4 cm³/mol. The molecule has 1 atom stereocenters. The second-order valence-corrected chi connectivity index (χ2v) is 4.40. The summed E-state index contributed by atoms with van der Waals surface area (Å²) in [5.41, 5.74) is 6.93. The summed E-state index contributed by atoms with van der Waals surface area (Å²) in [4.78, 5) is 11.8. The zero-order valence-electron chi connectivity index (χ0n) is 10.9. The molecular weight excluding hydrogens is 244 g/mol. The number of benzene rings is 1. The van der Waals surface area contributed by atoms with E-state index < -0.39 is 0 Å². The van der Waals surface area contributed by atoms with Crippen molar-refractivity contribution in [2.45, 2.75) is 26.3 Å². The van der Waals surface area contributed by atoms with Crippen LogP contribution in [0, 0.1) is 6.92 Å². The quantitative estimate of drug-likeness (QED) is 0.872. The van der Waals surface area contributed by atoms with Crippen molar-refractivity contribution in [2.75, 3.05) is 5.32 Å². The number of carbonyl (C=O) groups is 1. The smallest absolute Gasteiger partial charge is 0.249 e. The first kappa shape index (κ1) is 13.2. The molecule has 2 rings (SSSR count). The van der Waals surface area contributed by atoms with Gasteiger partial charge in [0.15, 0.2) is 0 Å². The van der Waals surface area contributed by atoms with E-state index in [4.69, 9.17) is 10.2 Å². The molecule has 0 spiro atoms. The van der Waals surface area contributed by atoms with Gasteiger partial charge >= 0.3 is 0 Å². The molecule has 0 radical (unpaired) electrons. The number of hydrogen-bond acceptors (Lipinski definition) is 5. The molecule has 100 valence electrons. The van der Waals surface area contributed by atoms with Crippen LogP contribution in [-0.4, -0.2) is 22.1 Å². The highest BCUT2D eigenvalue weighted by atomic mass is 16.4. The van der Waals surface area contributed by atoms with Crippen molar-refractivity contribution in [2.24, 2.45) is 5.73 Å². The summed E-state index contributed by atoms with van der Waals surface area (Å²) in [5, 5.41) is 10.5. The molecule has 0 saturated carbocycles. The van der Waals surface area contributed by atoms with Crippen molar-refractivity contribution in [3.05, 3.63) is 30.2 Å². The van der Waals surface area contributed by atoms with Gasteiger partial charge in [-0.3, -0.25) is 4.79 Å². The number of nitrogens with zero attached hydrogens (tertiary/aromatic N) is 2. The summed E-state index contributed by atoms with van der Waals surface area (Å²) in [6.45, 7) is 3.50. The van der Waals surface area contributed by atoms with E-state index in [1.807, 2.05) is 18.2 Å². The molecule has 0 aliphatic heterocycles. The van der Waals surface area contributed by atoms with Crippen LogP contribution in [0.25, 0.3) is 11.5 Å². The van der Waals surface area contributed by atoms with E-state index in [0.717, 1.165) is 0 Å². The molecule has 1 aromatic heterocycles. The summed E-state index contributed by atoms with van der Waals surface area (Å²) < 4.78 is 5.37. The van der Waals surface area contributed by atoms with E-state index in [0.29, 0.717) is 23.0 Å². The van der Waals surface area contributed by atoms with Gasteiger partial charge < -0.3 is 15.5 Å². The van der Waals surface area contributed by atoms with E-state index in [1.54, 1.807) is 19.9 Å². The first-order valence-electron chi connectivity index (χ1n) is 6.01. The van der Waals surface area contributed by atoms with Crippen molar-refractivity contribution in [3.8, 4) is 11.5 Å². The Morgan fingerprint density at radius 1 is 1.42 bits per heavy atom. The number of nitrogens with two attached hydrogens (primary N) is 1. The highest BCUT2D eigenvalue weighted by Gasteiger charge is 2.13. The fourth-order valence-electron chi connectivity index (χ4n) is 1.68. The molecule has 3 N–H and O–H groups in total. The van der Waals surface area contributed by atoms with Crippen LogP contribution in [0.2, 0.25) is 0 Å². The average Bonchev–Trinajstić information content (AvgIpc) is 2.75. The first-order chi connectivity index (χ1) is 9.06. The van der Waals surface area contributed by atoms with Crippen LogP contribution >= 0.6 is 0 Å². The number of aromatic nitrogens is 2. The number of para-hydroxylation sites is 1. The Morgan fingerprint density at radius 2 is 2.16 bits per heavy atom. The Labute approximate surface area is 111 Å². The minimum atomic E-state index is -0.183. The summed E-state index contributed by atoms with van der Waals surface area (Å²) in [5.74, 6) is 0.722. The Bertz CT molecular complexity index is 578. The van der Waals surface area contributed by atoms with Gasteiger partial charge in [0.05, 0.1) is 11.3 Å². The van der Waals surface area contributed by atoms with Crippen molar-refractivity contribution >= 4 is 11.6 Å². The SMILES string of the molecule is Cc1nnc(-c2ccccc2NC(=O)CC(C)N)o1. The van der Waals surface area contributed by atoms with E-state index >= 15 is 0 Å². The summed E-state index contributed by atoms with van der Waals surface area (Å²) in [6.07, 6.45) is 0.261. The summed E-state index contributed by atoms with van der Waals surface area (Å²) in [6, 6.07) is 7.09. The molecule has 1 amide bonds. The molecule has 0 saturated heterocycles. The molecule has 0 aliphatic rings. The van der Waals surface area contributed by atoms with Gasteiger partial charge in [0.1, 0.15) is 0 Å². The van der Waals surface area contributed by atoms with Gasteiger partial charge in [0.25, 0.3) is 0 Å². The summed E-state index contributed by atoms with van der Waals surface area (Å²) >= 11 is 0. The standard InChI is InChI=1S/C13H16N4O2/c1-8(14)7-12(18)15-11-6-4-3-5-10(11)13-17-16-9(2)19-13/h3-6,8H,7,14H2,1-2H3,(H,15,18). The molecule has 0 aliphatic carbocycles. The second kappa shape index (κ2) is 5.62. The van der Waals surface area contributed by atoms with E-state index in [2.05, 4.69) is 15.5 Å². The molecule has 1 unspecified atom stereocenters. The largest absolute Gasteiger partial charge is 0.421 e. The maximum absolute atomic E-state index is 11.8. The lowest BCUT2D eigenvalue weighted by Gasteiger charge is -2.09. The number of aryl methyl sites for hydroxylation is 1. The third-order valence-electron chi connectivity index (χ3n) is 2.46. The Balaban J connectivity index is 2.24. The van der Waals surface area contributed by atoms with Gasteiger partial charge in [-0.05, 0) is 19.1 Å². The molecule has 1 aromatic carbocycles. The first-order valence-corrected chi connectivity index (χ1v) is 6.01. The Morgan fingerprint density at radius 3 is 2.79 bits per heavy atom. The van der Waals surface area contributed by atoms with Gasteiger partial charge in [-0.15, -0.1) is 10.2 Å². The van der Waals surface area contributed by atoms with Crippen LogP contribution in [0.1, 0.15) is 19.2 Å². The van der Waals surface area contributed by atoms with E-state index in [1.165, 1.54) is 0 Å². The number of nitrogens with one attached hydrogen (secondary N) is 1. The predicted octanol–water partition coefficient (Wildman–Crippen LogP) is 1.72. The van der Waals surface area contributed by atoms with Gasteiger partial charge in [-0.2, -0.15) is 0 Å². The van der Waals surface area contributed by atoms with Crippen molar-refractivity contribution < 1.29 is 9.21 Å². The molecule has 1 heterocycles. The van der Waals surface area contributed by atoms with Crippen LogP contribution < -0.4 is 11.1 Å². The average molecular weight is 260 g/mol. The Kier molecular flexibility index (Phi) is 3.91. The number of hydrogen-bond donors (Lipinski definition) is 2. The van der Waals surface area contributed by atoms with Crippen molar-refractivity contribution in [3.63, 3.8) is 0 Å². The summed E-state index contributed by atoms with van der Waals surface area (Å²) in [7, 11) is 0. The monoisotopic (exact) mass is 260 g/mol. The molecule has 0 fully saturated rings. The second-order valence-electron chi connectivity index (χ2n) is 4.40. The lowest BCUT2D eigenvalue weighted by Crippen LogP contribution is -2.24. The molecule has 2 aromatic rings. The van der Waals surface area contributed by atoms with Crippen LogP contribution in [0.3, 0.4) is 0 Å². The lowest BCUT2D eigenvalue weighted by atomic mass is 10.1. The zero-order chi connectivity index (χ0) is 13.8. The zero-order valence-corrected chi connectivity index (χ0v) is 10.9. The fourth-order valence-corrected chi connectivity index (χ4v) is 1.68. The highest BCUT2D eigenvalue weighted by molar-refractivity contribution is 5.94. The molecule has 0 bridgehead atoms. The maximum Gasteiger partial charge on any atom is 0.249 e. The number of carbonyl (C=O) groups excluding carboxylic acids is 1. The van der Waals surface area contributed by atoms with Crippen molar-refractivity contribution in [1.82, 2.24) is 10.2 Å². The fraction of sp³-hybridized carbons (Fsp3) is 0.308. The highest BCUT2D eigenvalue weighted by Crippen LogP contribution is 2.26. The van der Waals surface area contributed by atoms with Crippen LogP contribution in [0.4, 0.5) is 5.69 Å². The van der Waals surface area contributed by atoms with Crippen molar-refractivity contribution in [1.29, 1.82) is 0 Å². The van der Waals surface area contributed by atoms with Gasteiger partial charge in [0, 0.05) is 19.4 Å². The van der Waals surface area contributed by atoms with Gasteiger partial charge in [0.2, 0.25) is 17.7 Å². The van der Waals surface area contributed by atoms with Crippen LogP contribution in [-0.2, 0) is 4.79 Å². The van der Waals surface area contributed by atoms with E-state index in [-0.39, 0.29) is 18.4 Å². The van der Waals surface area contributed by atoms with Crippen LogP contribution in [0.15, 0.2) is 28.7 Å². The van der Waals surface area contributed by atoms with E-state index in [9.17, 15) is 4.79 Å². The third-order valence-corrected chi connectivity index (χ3v) is 2.46. The number of anilines is 1. The Hall–Kier alpha value is -2.21. The molecule has 6 heteroatoms. The van der Waals surface area contributed by atoms with Crippen LogP contribution in [0.5, 0.6) is 0 Å². The third kappa shape index (κ3) is 3.38. The topological polar surface area (TPSA) is 94.0 Å². The molecule has 6 nitrogen and oxygen atoms in total. The number of amides is 1. The minimum Gasteiger partial charge on any atom is -0.421 e. The minimum absolute atomic E-state index is 0.140. The van der Waals surface area contributed by atoms with Gasteiger partial charge in [-0.25, -0.2) is 0 Å².